The largest absolute Gasteiger partial charge is 0.495 e. The predicted molar refractivity (Wildman–Crippen MR) is 60.0 cm³/mol. The second kappa shape index (κ2) is 3.17. The number of rotatable bonds is 1. The number of hydrogen-bond acceptors (Lipinski definition) is 2. The molecule has 0 fully saturated rings. The minimum atomic E-state index is 0.802. The van der Waals surface area contributed by atoms with E-state index in [9.17, 15) is 0 Å². The first-order valence-electron chi connectivity index (χ1n) is 3.87. The van der Waals surface area contributed by atoms with Crippen molar-refractivity contribution in [3.8, 4) is 5.75 Å². The Kier molecular flexibility index (Phi) is 2.15. The molecule has 3 nitrogen and oxygen atoms in total. The molecule has 0 bridgehead atoms. The van der Waals surface area contributed by atoms with Gasteiger partial charge in [-0.25, -0.2) is 4.98 Å². The number of aryl methyl sites for hydroxylation is 1. The highest BCUT2D eigenvalue weighted by Crippen LogP contribution is 2.23. The molecule has 0 saturated heterocycles. The zero-order valence-corrected chi connectivity index (χ0v) is 9.57. The molecule has 2 aromatic heterocycles. The Morgan fingerprint density at radius 1 is 1.54 bits per heavy atom. The van der Waals surface area contributed by atoms with Crippen LogP contribution in [0.4, 0.5) is 0 Å². The normalized spacial score (nSPS) is 10.7. The number of halogens is 1. The van der Waals surface area contributed by atoms with E-state index < -0.39 is 0 Å². The summed E-state index contributed by atoms with van der Waals surface area (Å²) in [6.45, 7) is 0. The second-order valence-corrected chi connectivity index (χ2v) is 4.00. The van der Waals surface area contributed by atoms with Gasteiger partial charge in [0.15, 0.2) is 0 Å². The maximum absolute atomic E-state index is 5.11. The van der Waals surface area contributed by atoms with Crippen LogP contribution >= 0.6 is 22.6 Å². The zero-order valence-electron chi connectivity index (χ0n) is 7.41. The van der Waals surface area contributed by atoms with E-state index in [1.165, 1.54) is 3.57 Å². The fourth-order valence-electron chi connectivity index (χ4n) is 1.31. The third-order valence-corrected chi connectivity index (χ3v) is 2.84. The number of hydrogen-bond donors (Lipinski definition) is 0. The molecule has 2 rings (SSSR count). The first-order chi connectivity index (χ1) is 6.22. The minimum Gasteiger partial charge on any atom is -0.495 e. The smallest absolute Gasteiger partial charge is 0.140 e. The third kappa shape index (κ3) is 1.39. The molecular formula is C9H9IN2O. The number of ether oxygens (including phenoxy) is 1. The summed E-state index contributed by atoms with van der Waals surface area (Å²) in [6, 6.07) is 2.00. The fraction of sp³-hybridized carbons (Fsp3) is 0.222. The summed E-state index contributed by atoms with van der Waals surface area (Å²) in [5.41, 5.74) is 0.991. The molecule has 2 aromatic rings. The van der Waals surface area contributed by atoms with Gasteiger partial charge in [0.05, 0.1) is 13.3 Å². The summed E-state index contributed by atoms with van der Waals surface area (Å²) in [5.74, 6) is 0.802. The minimum absolute atomic E-state index is 0.802. The van der Waals surface area contributed by atoms with Crippen LogP contribution in [0.15, 0.2) is 18.5 Å². The Balaban J connectivity index is 2.76. The highest BCUT2D eigenvalue weighted by atomic mass is 127. The Labute approximate surface area is 89.9 Å². The Morgan fingerprint density at radius 2 is 2.31 bits per heavy atom. The molecular weight excluding hydrogens is 279 g/mol. The Morgan fingerprint density at radius 3 is 3.00 bits per heavy atom. The SMILES string of the molecule is COc1cnc2c(c1)c(I)cn2C. The monoisotopic (exact) mass is 288 g/mol. The standard InChI is InChI=1S/C9H9IN2O/c1-12-5-8(10)7-3-6(13-2)4-11-9(7)12/h3-5H,1-2H3. The lowest BCUT2D eigenvalue weighted by atomic mass is 10.3. The fourth-order valence-corrected chi connectivity index (χ4v) is 2.12. The number of methoxy groups -OCH3 is 1. The lowest BCUT2D eigenvalue weighted by Gasteiger charge is -1.99. The van der Waals surface area contributed by atoms with Crippen molar-refractivity contribution < 1.29 is 4.74 Å². The molecule has 68 valence electrons. The molecule has 0 aliphatic rings. The van der Waals surface area contributed by atoms with Gasteiger partial charge in [-0.05, 0) is 28.7 Å². The number of pyridine rings is 1. The summed E-state index contributed by atoms with van der Waals surface area (Å²) < 4.78 is 8.32. The predicted octanol–water partition coefficient (Wildman–Crippen LogP) is 2.19. The van der Waals surface area contributed by atoms with E-state index in [1.54, 1.807) is 13.3 Å². The van der Waals surface area contributed by atoms with Crippen LogP contribution in [0.5, 0.6) is 5.75 Å². The first kappa shape index (κ1) is 8.80. The first-order valence-corrected chi connectivity index (χ1v) is 4.95. The molecule has 0 aliphatic carbocycles. The Bertz CT molecular complexity index is 450. The van der Waals surface area contributed by atoms with Crippen LogP contribution in [-0.2, 0) is 7.05 Å². The van der Waals surface area contributed by atoms with Gasteiger partial charge in [-0.2, -0.15) is 0 Å². The summed E-state index contributed by atoms with van der Waals surface area (Å²) >= 11 is 2.30. The van der Waals surface area contributed by atoms with E-state index in [4.69, 9.17) is 4.74 Å². The highest BCUT2D eigenvalue weighted by Gasteiger charge is 2.05. The van der Waals surface area contributed by atoms with E-state index in [1.807, 2.05) is 17.7 Å². The summed E-state index contributed by atoms with van der Waals surface area (Å²) in [7, 11) is 3.64. The number of nitrogens with zero attached hydrogens (tertiary/aromatic N) is 2. The van der Waals surface area contributed by atoms with Crippen LogP contribution in [0.1, 0.15) is 0 Å². The van der Waals surface area contributed by atoms with E-state index in [2.05, 4.69) is 33.8 Å². The molecule has 13 heavy (non-hydrogen) atoms. The number of aromatic nitrogens is 2. The molecule has 0 saturated carbocycles. The van der Waals surface area contributed by atoms with Crippen molar-refractivity contribution in [2.75, 3.05) is 7.11 Å². The van der Waals surface area contributed by atoms with Gasteiger partial charge in [-0.3, -0.25) is 0 Å². The van der Waals surface area contributed by atoms with Gasteiger partial charge in [0, 0.05) is 22.2 Å². The van der Waals surface area contributed by atoms with Crippen molar-refractivity contribution in [3.05, 3.63) is 22.0 Å². The lowest BCUT2D eigenvalue weighted by Crippen LogP contribution is -1.88. The zero-order chi connectivity index (χ0) is 9.42. The van der Waals surface area contributed by atoms with E-state index in [0.29, 0.717) is 0 Å². The van der Waals surface area contributed by atoms with Crippen molar-refractivity contribution in [2.45, 2.75) is 0 Å². The second-order valence-electron chi connectivity index (χ2n) is 2.83. The molecule has 0 N–H and O–H groups in total. The molecule has 4 heteroatoms. The Hall–Kier alpha value is -0.780. The molecule has 2 heterocycles. The molecule has 0 radical (unpaired) electrons. The van der Waals surface area contributed by atoms with Gasteiger partial charge in [0.25, 0.3) is 0 Å². The van der Waals surface area contributed by atoms with Gasteiger partial charge in [0.2, 0.25) is 0 Å². The van der Waals surface area contributed by atoms with Crippen LogP contribution < -0.4 is 4.74 Å². The summed E-state index contributed by atoms with van der Waals surface area (Å²) in [5, 5.41) is 1.14. The van der Waals surface area contributed by atoms with Crippen LogP contribution in [-0.4, -0.2) is 16.7 Å². The average Bonchev–Trinajstić information content (AvgIpc) is 2.42. The van der Waals surface area contributed by atoms with E-state index in [-0.39, 0.29) is 0 Å². The molecule has 0 spiro atoms. The molecule has 0 aromatic carbocycles. The van der Waals surface area contributed by atoms with Gasteiger partial charge < -0.3 is 9.30 Å². The van der Waals surface area contributed by atoms with Crippen molar-refractivity contribution in [1.29, 1.82) is 0 Å². The molecule has 0 unspecified atom stereocenters. The van der Waals surface area contributed by atoms with Crippen LogP contribution in [0.25, 0.3) is 11.0 Å². The van der Waals surface area contributed by atoms with E-state index in [0.717, 1.165) is 16.8 Å². The van der Waals surface area contributed by atoms with Gasteiger partial charge in [0.1, 0.15) is 11.4 Å². The maximum Gasteiger partial charge on any atom is 0.140 e. The number of fused-ring (bicyclic) bond motifs is 1. The maximum atomic E-state index is 5.11. The van der Waals surface area contributed by atoms with Crippen LogP contribution in [0.2, 0.25) is 0 Å². The van der Waals surface area contributed by atoms with Crippen molar-refractivity contribution in [1.82, 2.24) is 9.55 Å². The summed E-state index contributed by atoms with van der Waals surface area (Å²) in [6.07, 6.45) is 3.79. The summed E-state index contributed by atoms with van der Waals surface area (Å²) in [4.78, 5) is 4.31. The third-order valence-electron chi connectivity index (χ3n) is 1.98. The van der Waals surface area contributed by atoms with Gasteiger partial charge in [-0.1, -0.05) is 0 Å². The van der Waals surface area contributed by atoms with E-state index >= 15 is 0 Å². The average molecular weight is 288 g/mol. The quantitative estimate of drug-likeness (QED) is 0.752. The van der Waals surface area contributed by atoms with Crippen molar-refractivity contribution in [2.24, 2.45) is 7.05 Å². The topological polar surface area (TPSA) is 27.1 Å². The molecule has 0 atom stereocenters. The molecule has 0 amide bonds. The highest BCUT2D eigenvalue weighted by molar-refractivity contribution is 14.1. The van der Waals surface area contributed by atoms with Crippen LogP contribution in [0.3, 0.4) is 0 Å². The van der Waals surface area contributed by atoms with Crippen molar-refractivity contribution >= 4 is 33.6 Å². The van der Waals surface area contributed by atoms with Gasteiger partial charge in [-0.15, -0.1) is 0 Å². The molecule has 0 aliphatic heterocycles. The van der Waals surface area contributed by atoms with Crippen molar-refractivity contribution in [3.63, 3.8) is 0 Å². The van der Waals surface area contributed by atoms with Gasteiger partial charge >= 0.3 is 0 Å². The lowest BCUT2D eigenvalue weighted by molar-refractivity contribution is 0.413. The van der Waals surface area contributed by atoms with Crippen LogP contribution in [0, 0.1) is 3.57 Å².